The Morgan fingerprint density at radius 2 is 0.912 bits per heavy atom. The number of phenolic OH excluding ortho intramolecular Hbond substituents is 2. The number of hydrogen-bond donors (Lipinski definition) is 2. The zero-order chi connectivity index (χ0) is 42.1. The van der Waals surface area contributed by atoms with Crippen LogP contribution >= 0.6 is 0 Å². The lowest BCUT2D eigenvalue weighted by Gasteiger charge is -2.47. The molecular weight excluding hydrogens is 713 g/mol. The molecule has 3 unspecified atom stereocenters. The standard InChI is InChI=1S/C50H68O7/c1-12-54-36(2)55-43-25-19-40(20-26-43)32-50(11,34-48(8,9)30-38-17-27-44(28-18-38)56-45(53)57-46(3,4)5)35-49(10,31-39-15-23-42(52)24-16-39)33-47(6,7)29-37-13-21-41(51)22-14-37/h13-28,36,51-52H,12,29-35H2,1-11H3. The maximum Gasteiger partial charge on any atom is 0.514 e. The van der Waals surface area contributed by atoms with Crippen LogP contribution in [0.1, 0.15) is 118 Å². The quantitative estimate of drug-likeness (QED) is 0.0556. The lowest BCUT2D eigenvalue weighted by molar-refractivity contribution is -0.0613. The van der Waals surface area contributed by atoms with Gasteiger partial charge in [0.05, 0.1) is 0 Å². The van der Waals surface area contributed by atoms with Gasteiger partial charge in [0.1, 0.15) is 28.6 Å². The highest BCUT2D eigenvalue weighted by molar-refractivity contribution is 5.64. The second kappa shape index (κ2) is 18.8. The third-order valence-corrected chi connectivity index (χ3v) is 10.3. The Morgan fingerprint density at radius 1 is 0.544 bits per heavy atom. The van der Waals surface area contributed by atoms with Crippen LogP contribution in [0.4, 0.5) is 4.79 Å². The molecule has 0 aliphatic carbocycles. The molecule has 4 aromatic rings. The number of phenols is 2. The molecule has 0 amide bonds. The van der Waals surface area contributed by atoms with Crippen molar-refractivity contribution in [3.8, 4) is 23.0 Å². The molecule has 7 nitrogen and oxygen atoms in total. The van der Waals surface area contributed by atoms with E-state index in [9.17, 15) is 15.0 Å². The summed E-state index contributed by atoms with van der Waals surface area (Å²) >= 11 is 0. The minimum Gasteiger partial charge on any atom is -0.508 e. The predicted octanol–water partition coefficient (Wildman–Crippen LogP) is 12.7. The molecule has 57 heavy (non-hydrogen) atoms. The molecule has 0 heterocycles. The van der Waals surface area contributed by atoms with Crippen LogP contribution in [0.5, 0.6) is 23.0 Å². The molecule has 3 atom stereocenters. The van der Waals surface area contributed by atoms with Crippen molar-refractivity contribution in [2.45, 2.75) is 133 Å². The lowest BCUT2D eigenvalue weighted by Crippen LogP contribution is -2.38. The summed E-state index contributed by atoms with van der Waals surface area (Å²) in [6.07, 6.45) is 5.33. The van der Waals surface area contributed by atoms with Crippen molar-refractivity contribution in [2.75, 3.05) is 6.61 Å². The molecule has 310 valence electrons. The summed E-state index contributed by atoms with van der Waals surface area (Å²) in [7, 11) is 0. The van der Waals surface area contributed by atoms with Crippen LogP contribution in [-0.2, 0) is 35.2 Å². The summed E-state index contributed by atoms with van der Waals surface area (Å²) in [4.78, 5) is 12.3. The van der Waals surface area contributed by atoms with Gasteiger partial charge in [0.2, 0.25) is 0 Å². The van der Waals surface area contributed by atoms with Gasteiger partial charge in [-0.05, 0) is 172 Å². The summed E-state index contributed by atoms with van der Waals surface area (Å²) < 4.78 is 22.4. The Morgan fingerprint density at radius 3 is 1.30 bits per heavy atom. The highest BCUT2D eigenvalue weighted by Gasteiger charge is 2.42. The van der Waals surface area contributed by atoms with Gasteiger partial charge in [-0.15, -0.1) is 0 Å². The summed E-state index contributed by atoms with van der Waals surface area (Å²) in [5.41, 5.74) is 3.84. The first kappa shape index (κ1) is 45.2. The van der Waals surface area contributed by atoms with Gasteiger partial charge < -0.3 is 29.2 Å². The van der Waals surface area contributed by atoms with Crippen molar-refractivity contribution < 1.29 is 34.0 Å². The third kappa shape index (κ3) is 15.8. The van der Waals surface area contributed by atoms with Crippen molar-refractivity contribution in [3.63, 3.8) is 0 Å². The van der Waals surface area contributed by atoms with E-state index in [-0.39, 0.29) is 39.4 Å². The average Bonchev–Trinajstić information content (AvgIpc) is 3.07. The van der Waals surface area contributed by atoms with Gasteiger partial charge in [0.15, 0.2) is 6.29 Å². The second-order valence-electron chi connectivity index (χ2n) is 19.5. The smallest absolute Gasteiger partial charge is 0.508 e. The first-order valence-electron chi connectivity index (χ1n) is 20.5. The molecule has 0 bridgehead atoms. The molecular formula is C50H68O7. The first-order chi connectivity index (χ1) is 26.5. The molecule has 0 aliphatic heterocycles. The zero-order valence-corrected chi connectivity index (χ0v) is 36.4. The lowest BCUT2D eigenvalue weighted by atomic mass is 9.58. The molecule has 0 saturated carbocycles. The summed E-state index contributed by atoms with van der Waals surface area (Å²) in [6, 6.07) is 31.5. The van der Waals surface area contributed by atoms with Crippen LogP contribution in [0.3, 0.4) is 0 Å². The van der Waals surface area contributed by atoms with Gasteiger partial charge in [0, 0.05) is 6.61 Å². The van der Waals surface area contributed by atoms with E-state index in [0.29, 0.717) is 12.4 Å². The zero-order valence-electron chi connectivity index (χ0n) is 36.4. The Balaban J connectivity index is 1.66. The molecule has 7 heteroatoms. The summed E-state index contributed by atoms with van der Waals surface area (Å²) in [5.74, 6) is 1.79. The van der Waals surface area contributed by atoms with Gasteiger partial charge in [-0.2, -0.15) is 0 Å². The van der Waals surface area contributed by atoms with Crippen LogP contribution in [0, 0.1) is 21.7 Å². The van der Waals surface area contributed by atoms with Gasteiger partial charge in [-0.25, -0.2) is 4.79 Å². The monoisotopic (exact) mass is 780 g/mol. The fourth-order valence-electron chi connectivity index (χ4n) is 9.35. The minimum absolute atomic E-state index is 0.0432. The third-order valence-electron chi connectivity index (χ3n) is 10.3. The van der Waals surface area contributed by atoms with Crippen LogP contribution in [0.2, 0.25) is 0 Å². The topological polar surface area (TPSA) is 94.5 Å². The van der Waals surface area contributed by atoms with Gasteiger partial charge in [0.25, 0.3) is 0 Å². The minimum atomic E-state index is -0.712. The predicted molar refractivity (Wildman–Crippen MR) is 230 cm³/mol. The largest absolute Gasteiger partial charge is 0.514 e. The van der Waals surface area contributed by atoms with E-state index in [1.54, 1.807) is 24.3 Å². The average molecular weight is 781 g/mol. The number of aromatic hydroxyl groups is 2. The molecule has 0 spiro atoms. The molecule has 2 N–H and O–H groups in total. The van der Waals surface area contributed by atoms with E-state index in [1.165, 1.54) is 22.3 Å². The highest BCUT2D eigenvalue weighted by atomic mass is 16.7. The van der Waals surface area contributed by atoms with Crippen molar-refractivity contribution in [3.05, 3.63) is 119 Å². The van der Waals surface area contributed by atoms with Crippen molar-refractivity contribution >= 4 is 6.16 Å². The van der Waals surface area contributed by atoms with E-state index in [0.717, 1.165) is 50.7 Å². The number of carbonyl (C=O) groups excluding carboxylic acids is 1. The van der Waals surface area contributed by atoms with Crippen LogP contribution in [0.15, 0.2) is 97.1 Å². The molecule has 0 radical (unpaired) electrons. The van der Waals surface area contributed by atoms with E-state index in [4.69, 9.17) is 18.9 Å². The fraction of sp³-hybridized carbons (Fsp3) is 0.500. The molecule has 4 rings (SSSR count). The molecule has 0 aromatic heterocycles. The Hall–Kier alpha value is -4.49. The van der Waals surface area contributed by atoms with Crippen molar-refractivity contribution in [1.82, 2.24) is 0 Å². The number of carbonyl (C=O) groups is 1. The van der Waals surface area contributed by atoms with Crippen LogP contribution < -0.4 is 9.47 Å². The summed E-state index contributed by atoms with van der Waals surface area (Å²) in [5, 5.41) is 20.1. The van der Waals surface area contributed by atoms with Crippen molar-refractivity contribution in [2.24, 2.45) is 21.7 Å². The number of benzene rings is 4. The van der Waals surface area contributed by atoms with Gasteiger partial charge in [-0.3, -0.25) is 0 Å². The highest BCUT2D eigenvalue weighted by Crippen LogP contribution is 2.51. The van der Waals surface area contributed by atoms with E-state index in [1.807, 2.05) is 83.1 Å². The Bertz CT molecular complexity index is 1840. The van der Waals surface area contributed by atoms with Gasteiger partial charge in [-0.1, -0.05) is 90.1 Å². The number of hydrogen-bond acceptors (Lipinski definition) is 7. The molecule has 4 aromatic carbocycles. The summed E-state index contributed by atoms with van der Waals surface area (Å²) in [6.45, 7) is 24.2. The van der Waals surface area contributed by atoms with Crippen LogP contribution in [-0.4, -0.2) is 34.9 Å². The van der Waals surface area contributed by atoms with Gasteiger partial charge >= 0.3 is 6.16 Å². The maximum atomic E-state index is 12.3. The number of ether oxygens (including phenoxy) is 4. The van der Waals surface area contributed by atoms with Crippen LogP contribution in [0.25, 0.3) is 0 Å². The van der Waals surface area contributed by atoms with E-state index in [2.05, 4.69) is 65.8 Å². The molecule has 0 fully saturated rings. The second-order valence-corrected chi connectivity index (χ2v) is 19.5. The SMILES string of the molecule is CCOC(C)Oc1ccc(CC(C)(CC(C)(C)Cc2ccc(OC(=O)OC(C)(C)C)cc2)CC(C)(Cc2ccc(O)cc2)CC(C)(C)Cc2ccc(O)cc2)cc1. The number of rotatable bonds is 19. The van der Waals surface area contributed by atoms with Crippen molar-refractivity contribution in [1.29, 1.82) is 0 Å². The Kier molecular flexibility index (Phi) is 14.9. The Labute approximate surface area is 342 Å². The maximum absolute atomic E-state index is 12.3. The molecule has 0 saturated heterocycles. The molecule has 0 aliphatic rings. The van der Waals surface area contributed by atoms with E-state index < -0.39 is 11.8 Å². The first-order valence-corrected chi connectivity index (χ1v) is 20.5. The fourth-order valence-corrected chi connectivity index (χ4v) is 9.35. The van der Waals surface area contributed by atoms with E-state index >= 15 is 0 Å². The normalized spacial score (nSPS) is 14.9.